The summed E-state index contributed by atoms with van der Waals surface area (Å²) in [5.41, 5.74) is 5.95. The summed E-state index contributed by atoms with van der Waals surface area (Å²) >= 11 is 1.87. The van der Waals surface area contributed by atoms with Crippen molar-refractivity contribution in [2.45, 2.75) is 38.5 Å². The van der Waals surface area contributed by atoms with Gasteiger partial charge >= 0.3 is 0 Å². The fraction of sp³-hybridized carbons (Fsp3) is 0.692. The maximum atomic E-state index is 5.95. The third-order valence-electron chi connectivity index (χ3n) is 3.71. The van der Waals surface area contributed by atoms with Crippen LogP contribution < -0.4 is 5.73 Å². The van der Waals surface area contributed by atoms with Crippen LogP contribution in [0.3, 0.4) is 0 Å². The molecular weight excluding hydrogens is 202 g/mol. The predicted octanol–water partition coefficient (Wildman–Crippen LogP) is 3.62. The zero-order valence-corrected chi connectivity index (χ0v) is 10.3. The van der Waals surface area contributed by atoms with Crippen LogP contribution >= 0.6 is 11.3 Å². The number of hydrogen-bond acceptors (Lipinski definition) is 2. The Kier molecular flexibility index (Phi) is 3.81. The van der Waals surface area contributed by atoms with Gasteiger partial charge in [0.15, 0.2) is 0 Å². The zero-order valence-electron chi connectivity index (χ0n) is 9.49. The minimum Gasteiger partial charge on any atom is -0.330 e. The van der Waals surface area contributed by atoms with Crippen molar-refractivity contribution in [3.8, 4) is 0 Å². The minimum atomic E-state index is 0.618. The van der Waals surface area contributed by atoms with Gasteiger partial charge in [0.2, 0.25) is 0 Å². The van der Waals surface area contributed by atoms with E-state index < -0.39 is 0 Å². The fourth-order valence-corrected chi connectivity index (χ4v) is 3.82. The largest absolute Gasteiger partial charge is 0.330 e. The van der Waals surface area contributed by atoms with Crippen molar-refractivity contribution in [3.63, 3.8) is 0 Å². The van der Waals surface area contributed by atoms with Crippen molar-refractivity contribution in [2.24, 2.45) is 17.6 Å². The van der Waals surface area contributed by atoms with Crippen LogP contribution in [0.5, 0.6) is 0 Å². The van der Waals surface area contributed by atoms with Crippen LogP contribution in [0.1, 0.15) is 43.4 Å². The highest BCUT2D eigenvalue weighted by atomic mass is 32.1. The number of hydrogen-bond donors (Lipinski definition) is 1. The lowest BCUT2D eigenvalue weighted by Crippen LogP contribution is -2.25. The van der Waals surface area contributed by atoms with E-state index in [0.717, 1.165) is 18.4 Å². The minimum absolute atomic E-state index is 0.618. The monoisotopic (exact) mass is 223 g/mol. The first kappa shape index (κ1) is 11.2. The SMILES string of the molecule is CC1CCCC(C(CN)c2cccs2)C1. The molecule has 1 nitrogen and oxygen atoms in total. The Labute approximate surface area is 96.7 Å². The second-order valence-corrected chi connectivity index (χ2v) is 5.87. The molecule has 1 heterocycles. The first-order valence-corrected chi connectivity index (χ1v) is 6.92. The van der Waals surface area contributed by atoms with Gasteiger partial charge in [-0.3, -0.25) is 0 Å². The Morgan fingerprint density at radius 2 is 2.40 bits per heavy atom. The third-order valence-corrected chi connectivity index (χ3v) is 4.71. The van der Waals surface area contributed by atoms with Crippen LogP contribution in [0.4, 0.5) is 0 Å². The molecule has 0 aliphatic heterocycles. The molecule has 1 fully saturated rings. The molecule has 15 heavy (non-hydrogen) atoms. The van der Waals surface area contributed by atoms with Gasteiger partial charge in [0.1, 0.15) is 0 Å². The molecule has 2 N–H and O–H groups in total. The highest BCUT2D eigenvalue weighted by molar-refractivity contribution is 7.10. The molecular formula is C13H21NS. The molecule has 1 aromatic heterocycles. The summed E-state index contributed by atoms with van der Waals surface area (Å²) in [6, 6.07) is 4.40. The average molecular weight is 223 g/mol. The summed E-state index contributed by atoms with van der Waals surface area (Å²) in [5.74, 6) is 2.35. The predicted molar refractivity (Wildman–Crippen MR) is 67.2 cm³/mol. The van der Waals surface area contributed by atoms with Gasteiger partial charge in [0.05, 0.1) is 0 Å². The standard InChI is InChI=1S/C13H21NS/c1-10-4-2-5-11(8-10)12(9-14)13-6-3-7-15-13/h3,6-7,10-12H,2,4-5,8-9,14H2,1H3. The Hall–Kier alpha value is -0.340. The van der Waals surface area contributed by atoms with Crippen LogP contribution in [-0.2, 0) is 0 Å². The topological polar surface area (TPSA) is 26.0 Å². The van der Waals surface area contributed by atoms with Crippen molar-refractivity contribution < 1.29 is 0 Å². The van der Waals surface area contributed by atoms with Crippen LogP contribution in [-0.4, -0.2) is 6.54 Å². The Balaban J connectivity index is 2.06. The van der Waals surface area contributed by atoms with Crippen LogP contribution in [0.15, 0.2) is 17.5 Å². The van der Waals surface area contributed by atoms with E-state index in [2.05, 4.69) is 24.4 Å². The summed E-state index contributed by atoms with van der Waals surface area (Å²) in [6.07, 6.45) is 5.57. The van der Waals surface area contributed by atoms with E-state index in [0.29, 0.717) is 5.92 Å². The Bertz CT molecular complexity index is 281. The smallest absolute Gasteiger partial charge is 0.00915 e. The number of rotatable bonds is 3. The van der Waals surface area contributed by atoms with Crippen molar-refractivity contribution in [2.75, 3.05) is 6.54 Å². The molecule has 2 rings (SSSR count). The first-order valence-electron chi connectivity index (χ1n) is 6.04. The van der Waals surface area contributed by atoms with Crippen molar-refractivity contribution >= 4 is 11.3 Å². The number of nitrogens with two attached hydrogens (primary N) is 1. The van der Waals surface area contributed by atoms with E-state index in [-0.39, 0.29) is 0 Å². The van der Waals surface area contributed by atoms with Gasteiger partial charge in [0, 0.05) is 17.3 Å². The highest BCUT2D eigenvalue weighted by Crippen LogP contribution is 2.39. The molecule has 0 amide bonds. The average Bonchev–Trinajstić information content (AvgIpc) is 2.72. The van der Waals surface area contributed by atoms with E-state index in [1.807, 2.05) is 11.3 Å². The third kappa shape index (κ3) is 2.61. The van der Waals surface area contributed by atoms with Gasteiger partial charge < -0.3 is 5.73 Å². The molecule has 2 heteroatoms. The highest BCUT2D eigenvalue weighted by Gasteiger charge is 2.27. The summed E-state index contributed by atoms with van der Waals surface area (Å²) in [5, 5.41) is 2.17. The second kappa shape index (κ2) is 5.13. The molecule has 1 aliphatic rings. The molecule has 0 bridgehead atoms. The fourth-order valence-electron chi connectivity index (χ4n) is 2.89. The van der Waals surface area contributed by atoms with E-state index in [1.54, 1.807) is 0 Å². The van der Waals surface area contributed by atoms with Crippen molar-refractivity contribution in [1.82, 2.24) is 0 Å². The molecule has 0 saturated heterocycles. The lowest BCUT2D eigenvalue weighted by atomic mass is 9.75. The van der Waals surface area contributed by atoms with Gasteiger partial charge in [-0.1, -0.05) is 25.8 Å². The summed E-state index contributed by atoms with van der Waals surface area (Å²) in [6.45, 7) is 3.20. The quantitative estimate of drug-likeness (QED) is 0.832. The maximum absolute atomic E-state index is 5.95. The van der Waals surface area contributed by atoms with E-state index in [1.165, 1.54) is 30.6 Å². The van der Waals surface area contributed by atoms with Crippen LogP contribution in [0.25, 0.3) is 0 Å². The maximum Gasteiger partial charge on any atom is 0.00915 e. The normalized spacial score (nSPS) is 28.9. The molecule has 84 valence electrons. The van der Waals surface area contributed by atoms with E-state index >= 15 is 0 Å². The first-order chi connectivity index (χ1) is 7.31. The Morgan fingerprint density at radius 3 is 3.00 bits per heavy atom. The lowest BCUT2D eigenvalue weighted by molar-refractivity contribution is 0.249. The molecule has 3 unspecified atom stereocenters. The Morgan fingerprint density at radius 1 is 1.53 bits per heavy atom. The van der Waals surface area contributed by atoms with Crippen LogP contribution in [0, 0.1) is 11.8 Å². The van der Waals surface area contributed by atoms with Gasteiger partial charge in [-0.2, -0.15) is 0 Å². The van der Waals surface area contributed by atoms with Crippen molar-refractivity contribution in [1.29, 1.82) is 0 Å². The second-order valence-electron chi connectivity index (χ2n) is 4.89. The molecule has 0 spiro atoms. The van der Waals surface area contributed by atoms with Gasteiger partial charge in [-0.25, -0.2) is 0 Å². The molecule has 0 radical (unpaired) electrons. The molecule has 0 aromatic carbocycles. The molecule has 1 aliphatic carbocycles. The van der Waals surface area contributed by atoms with Gasteiger partial charge in [-0.05, 0) is 36.1 Å². The van der Waals surface area contributed by atoms with Gasteiger partial charge in [0.25, 0.3) is 0 Å². The van der Waals surface area contributed by atoms with Gasteiger partial charge in [-0.15, -0.1) is 11.3 Å². The van der Waals surface area contributed by atoms with Crippen molar-refractivity contribution in [3.05, 3.63) is 22.4 Å². The lowest BCUT2D eigenvalue weighted by Gasteiger charge is -2.32. The molecule has 3 atom stereocenters. The van der Waals surface area contributed by atoms with Crippen LogP contribution in [0.2, 0.25) is 0 Å². The van der Waals surface area contributed by atoms with E-state index in [4.69, 9.17) is 5.73 Å². The van der Waals surface area contributed by atoms with E-state index in [9.17, 15) is 0 Å². The summed E-state index contributed by atoms with van der Waals surface area (Å²) < 4.78 is 0. The molecule has 1 aromatic rings. The number of thiophene rings is 1. The summed E-state index contributed by atoms with van der Waals surface area (Å²) in [7, 11) is 0. The summed E-state index contributed by atoms with van der Waals surface area (Å²) in [4.78, 5) is 1.50. The molecule has 1 saturated carbocycles. The zero-order chi connectivity index (χ0) is 10.7.